The van der Waals surface area contributed by atoms with Crippen molar-refractivity contribution in [3.63, 3.8) is 0 Å². The van der Waals surface area contributed by atoms with Gasteiger partial charge in [0.2, 0.25) is 0 Å². The van der Waals surface area contributed by atoms with Gasteiger partial charge in [-0.2, -0.15) is 0 Å². The molecule has 0 saturated carbocycles. The Bertz CT molecular complexity index is 1200. The van der Waals surface area contributed by atoms with Crippen LogP contribution in [-0.4, -0.2) is 33.3 Å². The van der Waals surface area contributed by atoms with Gasteiger partial charge in [-0.05, 0) is 49.4 Å². The summed E-state index contributed by atoms with van der Waals surface area (Å²) in [5, 5.41) is 11.4. The molecule has 5 rings (SSSR count). The molecule has 3 aromatic rings. The van der Waals surface area contributed by atoms with E-state index in [-0.39, 0.29) is 30.4 Å². The van der Waals surface area contributed by atoms with Gasteiger partial charge >= 0.3 is 0 Å². The van der Waals surface area contributed by atoms with Crippen LogP contribution in [0.4, 0.5) is 5.69 Å². The first-order chi connectivity index (χ1) is 13.6. The standard InChI is InChI=1S/C19H16N4O4S/c24-13(10-5-6-14-12(7-10)20-16(25)9-27-14)8-23-19(26)17-11-3-1-2-4-15(11)28-18(17)21-22-23/h5-7H,1-4,8-9H2,(H,20,25). The maximum absolute atomic E-state index is 12.9. The summed E-state index contributed by atoms with van der Waals surface area (Å²) in [4.78, 5) is 39.0. The molecule has 3 heterocycles. The molecule has 0 unspecified atom stereocenters. The van der Waals surface area contributed by atoms with Gasteiger partial charge < -0.3 is 10.1 Å². The number of ether oxygens (including phenoxy) is 1. The molecule has 0 saturated heterocycles. The number of rotatable bonds is 3. The SMILES string of the molecule is O=C1COc2ccc(C(=O)Cn3nnc4sc5c(c4c3=O)CCCC5)cc2N1. The van der Waals surface area contributed by atoms with E-state index in [9.17, 15) is 14.4 Å². The largest absolute Gasteiger partial charge is 0.482 e. The Morgan fingerprint density at radius 1 is 1.25 bits per heavy atom. The van der Waals surface area contributed by atoms with Gasteiger partial charge in [-0.3, -0.25) is 14.4 Å². The number of benzene rings is 1. The maximum atomic E-state index is 12.9. The van der Waals surface area contributed by atoms with E-state index in [1.807, 2.05) is 0 Å². The van der Waals surface area contributed by atoms with E-state index in [0.29, 0.717) is 27.2 Å². The van der Waals surface area contributed by atoms with Crippen molar-refractivity contribution >= 4 is 38.9 Å². The van der Waals surface area contributed by atoms with Gasteiger partial charge in [-0.15, -0.1) is 16.4 Å². The van der Waals surface area contributed by atoms with Crippen LogP contribution in [0, 0.1) is 0 Å². The minimum Gasteiger partial charge on any atom is -0.482 e. The summed E-state index contributed by atoms with van der Waals surface area (Å²) in [6.45, 7) is -0.254. The molecule has 1 aromatic carbocycles. The normalized spacial score (nSPS) is 15.5. The van der Waals surface area contributed by atoms with E-state index >= 15 is 0 Å². The molecule has 2 aromatic heterocycles. The zero-order valence-electron chi connectivity index (χ0n) is 14.9. The number of thiophene rings is 1. The molecule has 1 aliphatic heterocycles. The van der Waals surface area contributed by atoms with Crippen molar-refractivity contribution in [1.29, 1.82) is 0 Å². The second-order valence-electron chi connectivity index (χ2n) is 6.91. The number of aryl methyl sites for hydroxylation is 2. The average molecular weight is 396 g/mol. The summed E-state index contributed by atoms with van der Waals surface area (Å²) < 4.78 is 6.43. The van der Waals surface area contributed by atoms with E-state index in [0.717, 1.165) is 35.9 Å². The number of nitrogens with one attached hydrogen (secondary N) is 1. The molecule has 1 aliphatic carbocycles. The van der Waals surface area contributed by atoms with Gasteiger partial charge in [0.15, 0.2) is 17.2 Å². The van der Waals surface area contributed by atoms with E-state index < -0.39 is 0 Å². The van der Waals surface area contributed by atoms with E-state index in [1.165, 1.54) is 16.2 Å². The van der Waals surface area contributed by atoms with Gasteiger partial charge in [0, 0.05) is 10.4 Å². The van der Waals surface area contributed by atoms with Crippen LogP contribution >= 0.6 is 11.3 Å². The molecule has 0 radical (unpaired) electrons. The fraction of sp³-hybridized carbons (Fsp3) is 0.316. The van der Waals surface area contributed by atoms with Crippen LogP contribution in [0.1, 0.15) is 33.6 Å². The first kappa shape index (κ1) is 17.1. The van der Waals surface area contributed by atoms with Gasteiger partial charge in [0.25, 0.3) is 11.5 Å². The van der Waals surface area contributed by atoms with Gasteiger partial charge in [0.1, 0.15) is 12.3 Å². The second-order valence-corrected chi connectivity index (χ2v) is 8.00. The smallest absolute Gasteiger partial charge is 0.279 e. The summed E-state index contributed by atoms with van der Waals surface area (Å²) in [5.74, 6) is -0.0474. The molecular formula is C19H16N4O4S. The van der Waals surface area contributed by atoms with Crippen LogP contribution < -0.4 is 15.6 Å². The van der Waals surface area contributed by atoms with Crippen molar-refractivity contribution < 1.29 is 14.3 Å². The molecule has 0 bridgehead atoms. The Labute approximate surface area is 163 Å². The molecule has 0 spiro atoms. The Morgan fingerprint density at radius 2 is 2.11 bits per heavy atom. The van der Waals surface area contributed by atoms with E-state index in [1.54, 1.807) is 18.2 Å². The summed E-state index contributed by atoms with van der Waals surface area (Å²) >= 11 is 1.53. The number of amides is 1. The van der Waals surface area contributed by atoms with E-state index in [2.05, 4.69) is 15.6 Å². The Morgan fingerprint density at radius 3 is 3.00 bits per heavy atom. The fourth-order valence-electron chi connectivity index (χ4n) is 3.69. The molecule has 28 heavy (non-hydrogen) atoms. The van der Waals surface area contributed by atoms with Crippen LogP contribution in [0.5, 0.6) is 5.75 Å². The van der Waals surface area contributed by atoms with Crippen molar-refractivity contribution in [2.75, 3.05) is 11.9 Å². The van der Waals surface area contributed by atoms with Crippen LogP contribution in [0.3, 0.4) is 0 Å². The molecule has 8 nitrogen and oxygen atoms in total. The highest BCUT2D eigenvalue weighted by Crippen LogP contribution is 2.33. The molecule has 1 N–H and O–H groups in total. The molecule has 142 valence electrons. The summed E-state index contributed by atoms with van der Waals surface area (Å²) in [6.07, 6.45) is 4.02. The van der Waals surface area contributed by atoms with Crippen LogP contribution in [0.25, 0.3) is 10.2 Å². The molecule has 0 fully saturated rings. The number of aromatic nitrogens is 3. The predicted octanol–water partition coefficient (Wildman–Crippen LogP) is 1.95. The number of hydrogen-bond acceptors (Lipinski definition) is 7. The lowest BCUT2D eigenvalue weighted by molar-refractivity contribution is -0.118. The third kappa shape index (κ3) is 2.78. The molecular weight excluding hydrogens is 380 g/mol. The Hall–Kier alpha value is -3.07. The maximum Gasteiger partial charge on any atom is 0.279 e. The van der Waals surface area contributed by atoms with Crippen molar-refractivity contribution in [2.45, 2.75) is 32.2 Å². The topological polar surface area (TPSA) is 103 Å². The number of carbonyl (C=O) groups excluding carboxylic acids is 2. The van der Waals surface area contributed by atoms with Gasteiger partial charge in [-0.1, -0.05) is 5.21 Å². The average Bonchev–Trinajstić information content (AvgIpc) is 3.08. The number of fused-ring (bicyclic) bond motifs is 4. The minimum absolute atomic E-state index is 0.0454. The van der Waals surface area contributed by atoms with Crippen LogP contribution in [-0.2, 0) is 24.2 Å². The van der Waals surface area contributed by atoms with Crippen molar-refractivity contribution in [2.24, 2.45) is 0 Å². The lowest BCUT2D eigenvalue weighted by Gasteiger charge is -2.18. The van der Waals surface area contributed by atoms with Gasteiger partial charge in [0.05, 0.1) is 11.1 Å². The van der Waals surface area contributed by atoms with Crippen molar-refractivity contribution in [3.05, 3.63) is 44.6 Å². The van der Waals surface area contributed by atoms with Crippen LogP contribution in [0.2, 0.25) is 0 Å². The number of ketones is 1. The number of Topliss-reactive ketones (excluding diaryl/α,β-unsaturated/α-hetero) is 1. The zero-order valence-corrected chi connectivity index (χ0v) is 15.7. The lowest BCUT2D eigenvalue weighted by Crippen LogP contribution is -2.28. The van der Waals surface area contributed by atoms with Crippen molar-refractivity contribution in [1.82, 2.24) is 15.0 Å². The Balaban J connectivity index is 1.48. The highest BCUT2D eigenvalue weighted by molar-refractivity contribution is 7.18. The Kier molecular flexibility index (Phi) is 3.97. The second kappa shape index (κ2) is 6.52. The monoisotopic (exact) mass is 396 g/mol. The summed E-state index contributed by atoms with van der Waals surface area (Å²) in [7, 11) is 0. The number of hydrogen-bond donors (Lipinski definition) is 1. The lowest BCUT2D eigenvalue weighted by atomic mass is 9.97. The third-order valence-electron chi connectivity index (χ3n) is 5.07. The van der Waals surface area contributed by atoms with Gasteiger partial charge in [-0.25, -0.2) is 4.68 Å². The molecule has 9 heteroatoms. The molecule has 2 aliphatic rings. The van der Waals surface area contributed by atoms with Crippen LogP contribution in [0.15, 0.2) is 23.0 Å². The highest BCUT2D eigenvalue weighted by atomic mass is 32.1. The predicted molar refractivity (Wildman–Crippen MR) is 103 cm³/mol. The first-order valence-corrected chi connectivity index (χ1v) is 9.90. The summed E-state index contributed by atoms with van der Waals surface area (Å²) in [6, 6.07) is 4.80. The number of nitrogens with zero attached hydrogens (tertiary/aromatic N) is 3. The highest BCUT2D eigenvalue weighted by Gasteiger charge is 2.22. The summed E-state index contributed by atoms with van der Waals surface area (Å²) in [5.41, 5.74) is 1.61. The van der Waals surface area contributed by atoms with Crippen molar-refractivity contribution in [3.8, 4) is 5.75 Å². The first-order valence-electron chi connectivity index (χ1n) is 9.08. The molecule has 1 amide bonds. The fourth-order valence-corrected chi connectivity index (χ4v) is 4.89. The quantitative estimate of drug-likeness (QED) is 0.679. The molecule has 0 atom stereocenters. The number of anilines is 1. The number of carbonyl (C=O) groups is 2. The zero-order chi connectivity index (χ0) is 19.3. The minimum atomic E-state index is -0.289. The third-order valence-corrected chi connectivity index (χ3v) is 6.25. The van der Waals surface area contributed by atoms with E-state index in [4.69, 9.17) is 4.74 Å².